The minimum absolute atomic E-state index is 0.278. The van der Waals surface area contributed by atoms with Crippen LogP contribution in [0.5, 0.6) is 0 Å². The second kappa shape index (κ2) is 7.75. The fraction of sp³-hybridized carbons (Fsp3) is 0.444. The summed E-state index contributed by atoms with van der Waals surface area (Å²) in [5, 5.41) is 1.03. The Morgan fingerprint density at radius 2 is 2.24 bits per heavy atom. The van der Waals surface area contributed by atoms with E-state index < -0.39 is 0 Å². The third-order valence-corrected chi connectivity index (χ3v) is 6.75. The number of aromatic nitrogens is 2. The lowest BCUT2D eigenvalue weighted by atomic mass is 9.89. The first-order valence-corrected chi connectivity index (χ1v) is 10.8. The predicted octanol–water partition coefficient (Wildman–Crippen LogP) is 4.39. The van der Waals surface area contributed by atoms with Crippen LogP contribution >= 0.6 is 39.4 Å². The summed E-state index contributed by atoms with van der Waals surface area (Å²) in [5.41, 5.74) is 1.85. The molecule has 3 atom stereocenters. The van der Waals surface area contributed by atoms with Gasteiger partial charge in [0.25, 0.3) is 0 Å². The molecule has 2 bridgehead atoms. The standard InChI is InChI=1S/C18H17BrFN3S2/c19-14-7-12(8-15(20)9-14)3-2-6-24-18-17(21-25-22-18)16-11-23-5-1-4-13(16)10-23/h7-9,13,16H,1,4-6,10-11H2/t13-,16-/m0/s1. The molecule has 3 nitrogen and oxygen atoms in total. The van der Waals surface area contributed by atoms with Gasteiger partial charge in [-0.15, -0.1) is 0 Å². The van der Waals surface area contributed by atoms with E-state index in [1.54, 1.807) is 11.8 Å². The molecule has 0 spiro atoms. The van der Waals surface area contributed by atoms with Crippen LogP contribution in [-0.4, -0.2) is 39.0 Å². The summed E-state index contributed by atoms with van der Waals surface area (Å²) in [5.74, 6) is 7.74. The Bertz CT molecular complexity index is 809. The van der Waals surface area contributed by atoms with Gasteiger partial charge in [0.05, 0.1) is 23.2 Å². The van der Waals surface area contributed by atoms with E-state index in [0.717, 1.165) is 17.5 Å². The highest BCUT2D eigenvalue weighted by atomic mass is 79.9. The van der Waals surface area contributed by atoms with Gasteiger partial charge in [-0.25, -0.2) is 4.39 Å². The zero-order valence-corrected chi connectivity index (χ0v) is 16.8. The fourth-order valence-corrected chi connectivity index (χ4v) is 5.68. The van der Waals surface area contributed by atoms with E-state index in [-0.39, 0.29) is 5.82 Å². The molecule has 1 unspecified atom stereocenters. The van der Waals surface area contributed by atoms with Crippen molar-refractivity contribution in [2.24, 2.45) is 5.92 Å². The van der Waals surface area contributed by atoms with Crippen LogP contribution in [0.25, 0.3) is 0 Å². The van der Waals surface area contributed by atoms with Crippen molar-refractivity contribution in [3.63, 3.8) is 0 Å². The van der Waals surface area contributed by atoms with Crippen LogP contribution in [-0.2, 0) is 0 Å². The number of piperidine rings is 1. The van der Waals surface area contributed by atoms with E-state index in [1.165, 1.54) is 55.5 Å². The molecular formula is C18H17BrFN3S2. The number of nitrogens with zero attached hydrogens (tertiary/aromatic N) is 3. The maximum Gasteiger partial charge on any atom is 0.134 e. The maximum atomic E-state index is 13.4. The van der Waals surface area contributed by atoms with Crippen molar-refractivity contribution in [2.45, 2.75) is 23.8 Å². The van der Waals surface area contributed by atoms with Gasteiger partial charge in [-0.2, -0.15) is 8.75 Å². The number of halogens is 2. The molecule has 0 N–H and O–H groups in total. The van der Waals surface area contributed by atoms with E-state index in [0.29, 0.717) is 21.7 Å². The average Bonchev–Trinajstić information content (AvgIpc) is 3.14. The Morgan fingerprint density at radius 1 is 1.32 bits per heavy atom. The van der Waals surface area contributed by atoms with Gasteiger partial charge in [0.15, 0.2) is 0 Å². The molecule has 1 aromatic carbocycles. The summed E-state index contributed by atoms with van der Waals surface area (Å²) >= 11 is 6.23. The van der Waals surface area contributed by atoms with Crippen molar-refractivity contribution in [3.8, 4) is 11.8 Å². The monoisotopic (exact) mass is 437 g/mol. The van der Waals surface area contributed by atoms with Crippen LogP contribution in [0.2, 0.25) is 0 Å². The first kappa shape index (κ1) is 17.5. The van der Waals surface area contributed by atoms with Crippen molar-refractivity contribution >= 4 is 39.4 Å². The van der Waals surface area contributed by atoms with Crippen LogP contribution < -0.4 is 0 Å². The second-order valence-electron chi connectivity index (χ2n) is 6.47. The maximum absolute atomic E-state index is 13.4. The van der Waals surface area contributed by atoms with Gasteiger partial charge in [0, 0.05) is 29.0 Å². The minimum atomic E-state index is -0.278. The zero-order valence-electron chi connectivity index (χ0n) is 13.5. The summed E-state index contributed by atoms with van der Waals surface area (Å²) in [6, 6.07) is 4.70. The molecule has 1 aromatic heterocycles. The van der Waals surface area contributed by atoms with Crippen LogP contribution in [0.1, 0.15) is 30.0 Å². The predicted molar refractivity (Wildman–Crippen MR) is 104 cm³/mol. The molecular weight excluding hydrogens is 421 g/mol. The number of benzene rings is 1. The summed E-state index contributed by atoms with van der Waals surface area (Å²) in [6.45, 7) is 3.55. The van der Waals surface area contributed by atoms with Gasteiger partial charge in [0.1, 0.15) is 10.8 Å². The molecule has 0 aliphatic carbocycles. The van der Waals surface area contributed by atoms with Crippen molar-refractivity contribution in [1.82, 2.24) is 13.6 Å². The molecule has 7 heteroatoms. The molecule has 0 radical (unpaired) electrons. The van der Waals surface area contributed by atoms with Crippen LogP contribution in [0, 0.1) is 23.6 Å². The summed E-state index contributed by atoms with van der Waals surface area (Å²) in [4.78, 5) is 2.55. The van der Waals surface area contributed by atoms with Gasteiger partial charge in [-0.1, -0.05) is 39.5 Å². The molecule has 4 rings (SSSR count). The van der Waals surface area contributed by atoms with E-state index >= 15 is 0 Å². The number of rotatable bonds is 3. The Morgan fingerprint density at radius 3 is 3.08 bits per heavy atom. The topological polar surface area (TPSA) is 29.0 Å². The molecule has 2 saturated heterocycles. The molecule has 0 saturated carbocycles. The average molecular weight is 438 g/mol. The Labute approximate surface area is 163 Å². The van der Waals surface area contributed by atoms with Crippen LogP contribution in [0.3, 0.4) is 0 Å². The van der Waals surface area contributed by atoms with Gasteiger partial charge in [-0.3, -0.25) is 0 Å². The fourth-order valence-electron chi connectivity index (χ4n) is 3.70. The number of hydrogen-bond donors (Lipinski definition) is 0. The minimum Gasteiger partial charge on any atom is -0.302 e. The Kier molecular flexibility index (Phi) is 5.41. The van der Waals surface area contributed by atoms with Gasteiger partial charge < -0.3 is 4.90 Å². The Hall–Kier alpha value is -0.940. The molecule has 0 amide bonds. The summed E-state index contributed by atoms with van der Waals surface area (Å²) in [6.07, 6.45) is 2.60. The second-order valence-corrected chi connectivity index (χ2v) is 8.88. The molecule has 25 heavy (non-hydrogen) atoms. The van der Waals surface area contributed by atoms with Crippen molar-refractivity contribution in [3.05, 3.63) is 39.7 Å². The molecule has 2 aliphatic heterocycles. The quantitative estimate of drug-likeness (QED) is 0.525. The summed E-state index contributed by atoms with van der Waals surface area (Å²) in [7, 11) is 0. The number of thioether (sulfide) groups is 1. The van der Waals surface area contributed by atoms with E-state index in [9.17, 15) is 4.39 Å². The van der Waals surface area contributed by atoms with Crippen LogP contribution in [0.4, 0.5) is 4.39 Å². The zero-order chi connectivity index (χ0) is 17.2. The highest BCUT2D eigenvalue weighted by Gasteiger charge is 2.38. The van der Waals surface area contributed by atoms with Crippen molar-refractivity contribution < 1.29 is 4.39 Å². The number of fused-ring (bicyclic) bond motifs is 2. The van der Waals surface area contributed by atoms with E-state index in [2.05, 4.69) is 41.4 Å². The van der Waals surface area contributed by atoms with E-state index in [1.807, 2.05) is 6.07 Å². The van der Waals surface area contributed by atoms with Crippen molar-refractivity contribution in [1.29, 1.82) is 0 Å². The molecule has 2 fully saturated rings. The van der Waals surface area contributed by atoms with Crippen LogP contribution in [0.15, 0.2) is 27.7 Å². The molecule has 2 aliphatic rings. The first-order chi connectivity index (χ1) is 12.2. The van der Waals surface area contributed by atoms with Gasteiger partial charge >= 0.3 is 0 Å². The third kappa shape index (κ3) is 4.08. The highest BCUT2D eigenvalue weighted by Crippen LogP contribution is 2.41. The summed E-state index contributed by atoms with van der Waals surface area (Å²) < 4.78 is 23.2. The molecule has 2 aromatic rings. The SMILES string of the molecule is Fc1cc(Br)cc(C#CCSc2nsnc2[C@H]2CN3CCC[C@H]2C3)c1. The van der Waals surface area contributed by atoms with Gasteiger partial charge in [-0.05, 0) is 43.5 Å². The molecule has 3 heterocycles. The molecule has 130 valence electrons. The lowest BCUT2D eigenvalue weighted by Gasteiger charge is -2.21. The Balaban J connectivity index is 1.41. The van der Waals surface area contributed by atoms with E-state index in [4.69, 9.17) is 0 Å². The van der Waals surface area contributed by atoms with Gasteiger partial charge in [0.2, 0.25) is 0 Å². The largest absolute Gasteiger partial charge is 0.302 e. The van der Waals surface area contributed by atoms with Crippen molar-refractivity contribution in [2.75, 3.05) is 25.4 Å². The normalized spacial score (nSPS) is 24.8. The third-order valence-electron chi connectivity index (χ3n) is 4.78. The smallest absolute Gasteiger partial charge is 0.134 e. The lowest BCUT2D eigenvalue weighted by molar-refractivity contribution is 0.269. The first-order valence-electron chi connectivity index (χ1n) is 8.31. The highest BCUT2D eigenvalue weighted by molar-refractivity contribution is 9.10. The lowest BCUT2D eigenvalue weighted by Crippen LogP contribution is -2.25. The number of hydrogen-bond acceptors (Lipinski definition) is 5.